The van der Waals surface area contributed by atoms with Crippen LogP contribution in [0.15, 0.2) is 15.7 Å². The Balaban J connectivity index is 1.75. The number of nitrogens with zero attached hydrogens (tertiary/aromatic N) is 5. The van der Waals surface area contributed by atoms with E-state index in [-0.39, 0.29) is 23.1 Å². The molecule has 1 aliphatic rings. The van der Waals surface area contributed by atoms with E-state index in [1.54, 1.807) is 4.57 Å². The van der Waals surface area contributed by atoms with Crippen LogP contribution in [0.2, 0.25) is 0 Å². The maximum absolute atomic E-state index is 12.9. The summed E-state index contributed by atoms with van der Waals surface area (Å²) in [6, 6.07) is 1.52. The number of rotatable bonds is 7. The summed E-state index contributed by atoms with van der Waals surface area (Å²) in [6.07, 6.45) is 2.41. The molecule has 1 atom stereocenters. The van der Waals surface area contributed by atoms with Crippen molar-refractivity contribution in [3.8, 4) is 0 Å². The Morgan fingerprint density at radius 2 is 2.00 bits per heavy atom. The lowest BCUT2D eigenvalue weighted by molar-refractivity contribution is -0.125. The zero-order valence-electron chi connectivity index (χ0n) is 19.3. The molecule has 0 aliphatic carbocycles. The highest BCUT2D eigenvalue weighted by molar-refractivity contribution is 5.79. The molecular weight excluding hydrogens is 396 g/mol. The molecule has 1 unspecified atom stereocenters. The van der Waals surface area contributed by atoms with Crippen LogP contribution in [0.4, 0.5) is 5.82 Å². The van der Waals surface area contributed by atoms with Crippen LogP contribution in [0.5, 0.6) is 0 Å². The Morgan fingerprint density at radius 3 is 2.65 bits per heavy atom. The van der Waals surface area contributed by atoms with Crippen molar-refractivity contribution in [2.45, 2.75) is 66.6 Å². The van der Waals surface area contributed by atoms with E-state index in [1.165, 1.54) is 13.1 Å². The van der Waals surface area contributed by atoms with Crippen molar-refractivity contribution >= 4 is 11.7 Å². The van der Waals surface area contributed by atoms with Crippen molar-refractivity contribution in [2.24, 2.45) is 13.0 Å². The third-order valence-corrected chi connectivity index (χ3v) is 6.21. The third-order valence-electron chi connectivity index (χ3n) is 6.21. The van der Waals surface area contributed by atoms with Gasteiger partial charge in [-0.1, -0.05) is 6.92 Å². The first-order valence-corrected chi connectivity index (χ1v) is 11.1. The van der Waals surface area contributed by atoms with E-state index < -0.39 is 0 Å². The standard InChI is InChI=1S/C22H34N6O3/c1-6-10-27-19(12-20(29)25(5)22(27)31)26-11-8-9-17(14-26)21(30)23-13-18-15(3)24-28(7-2)16(18)4/h12,17H,6-11,13-14H2,1-5H3,(H,23,30). The molecule has 1 N–H and O–H groups in total. The minimum atomic E-state index is -0.321. The quantitative estimate of drug-likeness (QED) is 0.715. The van der Waals surface area contributed by atoms with Gasteiger partial charge in [-0.15, -0.1) is 0 Å². The highest BCUT2D eigenvalue weighted by Crippen LogP contribution is 2.22. The van der Waals surface area contributed by atoms with E-state index in [2.05, 4.69) is 10.4 Å². The predicted octanol–water partition coefficient (Wildman–Crippen LogP) is 1.32. The van der Waals surface area contributed by atoms with Crippen LogP contribution in [0.1, 0.15) is 50.1 Å². The van der Waals surface area contributed by atoms with Crippen LogP contribution in [-0.2, 0) is 31.5 Å². The summed E-state index contributed by atoms with van der Waals surface area (Å²) in [5, 5.41) is 7.59. The van der Waals surface area contributed by atoms with Gasteiger partial charge in [0.25, 0.3) is 5.56 Å². The molecule has 9 nitrogen and oxygen atoms in total. The number of aromatic nitrogens is 4. The number of carbonyl (C=O) groups excluding carboxylic acids is 1. The largest absolute Gasteiger partial charge is 0.357 e. The summed E-state index contributed by atoms with van der Waals surface area (Å²) in [7, 11) is 1.50. The van der Waals surface area contributed by atoms with Crippen LogP contribution in [0.25, 0.3) is 0 Å². The van der Waals surface area contributed by atoms with Gasteiger partial charge in [-0.3, -0.25) is 23.4 Å². The molecule has 1 amide bonds. The number of carbonyl (C=O) groups is 1. The van der Waals surface area contributed by atoms with Gasteiger partial charge in [-0.25, -0.2) is 4.79 Å². The van der Waals surface area contributed by atoms with Crippen LogP contribution in [-0.4, -0.2) is 37.9 Å². The van der Waals surface area contributed by atoms with Gasteiger partial charge in [0.15, 0.2) is 0 Å². The SMILES string of the molecule is CCCn1c(N2CCCC(C(=O)NCc3c(C)nn(CC)c3C)C2)cc(=O)n(C)c1=O. The highest BCUT2D eigenvalue weighted by atomic mass is 16.2. The first kappa shape index (κ1) is 22.8. The van der Waals surface area contributed by atoms with Gasteiger partial charge in [-0.05, 0) is 40.0 Å². The van der Waals surface area contributed by atoms with Crippen LogP contribution in [0.3, 0.4) is 0 Å². The molecular formula is C22H34N6O3. The first-order chi connectivity index (χ1) is 14.8. The van der Waals surface area contributed by atoms with Crippen molar-refractivity contribution in [3.63, 3.8) is 0 Å². The molecule has 1 fully saturated rings. The van der Waals surface area contributed by atoms with Crippen molar-refractivity contribution in [1.82, 2.24) is 24.2 Å². The number of anilines is 1. The zero-order valence-corrected chi connectivity index (χ0v) is 19.3. The van der Waals surface area contributed by atoms with Gasteiger partial charge < -0.3 is 10.2 Å². The van der Waals surface area contributed by atoms with E-state index in [0.29, 0.717) is 25.5 Å². The van der Waals surface area contributed by atoms with Crippen LogP contribution < -0.4 is 21.5 Å². The maximum atomic E-state index is 12.9. The van der Waals surface area contributed by atoms with E-state index in [0.717, 1.165) is 53.9 Å². The third kappa shape index (κ3) is 4.60. The van der Waals surface area contributed by atoms with Crippen molar-refractivity contribution in [1.29, 1.82) is 0 Å². The van der Waals surface area contributed by atoms with Crippen LogP contribution >= 0.6 is 0 Å². The molecule has 0 bridgehead atoms. The summed E-state index contributed by atoms with van der Waals surface area (Å²) in [5.74, 6) is 0.425. The number of hydrogen-bond donors (Lipinski definition) is 1. The summed E-state index contributed by atoms with van der Waals surface area (Å²) in [6.45, 7) is 11.0. The average molecular weight is 431 g/mol. The normalized spacial score (nSPS) is 16.5. The second-order valence-corrected chi connectivity index (χ2v) is 8.30. The van der Waals surface area contributed by atoms with E-state index in [4.69, 9.17) is 0 Å². The molecule has 0 saturated carbocycles. The van der Waals surface area contributed by atoms with Gasteiger partial charge in [0, 0.05) is 57.1 Å². The zero-order chi connectivity index (χ0) is 22.7. The molecule has 170 valence electrons. The minimum Gasteiger partial charge on any atom is -0.357 e. The molecule has 2 aromatic rings. The lowest BCUT2D eigenvalue weighted by Crippen LogP contribution is -2.47. The summed E-state index contributed by atoms with van der Waals surface area (Å²) < 4.78 is 4.73. The maximum Gasteiger partial charge on any atom is 0.332 e. The Hall–Kier alpha value is -2.84. The van der Waals surface area contributed by atoms with Crippen molar-refractivity contribution < 1.29 is 4.79 Å². The first-order valence-electron chi connectivity index (χ1n) is 11.1. The number of hydrogen-bond acceptors (Lipinski definition) is 5. The van der Waals surface area contributed by atoms with Gasteiger partial charge in [0.1, 0.15) is 5.82 Å². The van der Waals surface area contributed by atoms with Gasteiger partial charge in [-0.2, -0.15) is 5.10 Å². The monoisotopic (exact) mass is 430 g/mol. The minimum absolute atomic E-state index is 0.000899. The fraction of sp³-hybridized carbons (Fsp3) is 0.636. The lowest BCUT2D eigenvalue weighted by atomic mass is 9.97. The van der Waals surface area contributed by atoms with E-state index in [1.807, 2.05) is 37.3 Å². The molecule has 0 aromatic carbocycles. The van der Waals surface area contributed by atoms with Crippen molar-refractivity contribution in [2.75, 3.05) is 18.0 Å². The molecule has 1 saturated heterocycles. The lowest BCUT2D eigenvalue weighted by Gasteiger charge is -2.35. The summed E-state index contributed by atoms with van der Waals surface area (Å²) in [4.78, 5) is 39.8. The van der Waals surface area contributed by atoms with Gasteiger partial charge in [0.05, 0.1) is 11.6 Å². The average Bonchev–Trinajstić information content (AvgIpc) is 3.05. The Bertz CT molecular complexity index is 1060. The van der Waals surface area contributed by atoms with Gasteiger partial charge in [0.2, 0.25) is 5.91 Å². The second kappa shape index (κ2) is 9.53. The number of nitrogens with one attached hydrogen (secondary N) is 1. The Kier molecular flexibility index (Phi) is 7.02. The number of amides is 1. The summed E-state index contributed by atoms with van der Waals surface area (Å²) >= 11 is 0. The second-order valence-electron chi connectivity index (χ2n) is 8.30. The molecule has 1 aliphatic heterocycles. The highest BCUT2D eigenvalue weighted by Gasteiger charge is 2.28. The molecule has 9 heteroatoms. The topological polar surface area (TPSA) is 94.2 Å². The Morgan fingerprint density at radius 1 is 1.26 bits per heavy atom. The molecule has 31 heavy (non-hydrogen) atoms. The fourth-order valence-corrected chi connectivity index (χ4v) is 4.37. The molecule has 0 spiro atoms. The smallest absolute Gasteiger partial charge is 0.332 e. The predicted molar refractivity (Wildman–Crippen MR) is 120 cm³/mol. The van der Waals surface area contributed by atoms with Crippen LogP contribution in [0, 0.1) is 19.8 Å². The van der Waals surface area contributed by atoms with Gasteiger partial charge >= 0.3 is 5.69 Å². The molecule has 2 aromatic heterocycles. The number of aryl methyl sites for hydroxylation is 2. The fourth-order valence-electron chi connectivity index (χ4n) is 4.37. The Labute approximate surface area is 182 Å². The molecule has 3 heterocycles. The molecule has 0 radical (unpaired) electrons. The molecule has 3 rings (SSSR count). The van der Waals surface area contributed by atoms with E-state index in [9.17, 15) is 14.4 Å². The van der Waals surface area contributed by atoms with E-state index >= 15 is 0 Å². The van der Waals surface area contributed by atoms with Crippen molar-refractivity contribution in [3.05, 3.63) is 43.9 Å². The summed E-state index contributed by atoms with van der Waals surface area (Å²) in [5.41, 5.74) is 2.45. The number of piperidine rings is 1.